The lowest BCUT2D eigenvalue weighted by atomic mass is 10.1. The molecule has 13 heavy (non-hydrogen) atoms. The van der Waals surface area contributed by atoms with Gasteiger partial charge in [-0.15, -0.1) is 0 Å². The van der Waals surface area contributed by atoms with Gasteiger partial charge in [0.15, 0.2) is 9.76 Å². The third-order valence-electron chi connectivity index (χ3n) is 2.87. The van der Waals surface area contributed by atoms with E-state index in [0.717, 1.165) is 6.42 Å². The number of rotatable bonds is 3. The maximum absolute atomic E-state index is 6.03. The summed E-state index contributed by atoms with van der Waals surface area (Å²) in [7, 11) is -0.476. The van der Waals surface area contributed by atoms with Crippen LogP contribution < -0.4 is 0 Å². The normalized spacial score (nSPS) is 37.1. The summed E-state index contributed by atoms with van der Waals surface area (Å²) < 4.78 is 6.03. The molecule has 0 unspecified atom stereocenters. The first kappa shape index (κ1) is 8.97. The van der Waals surface area contributed by atoms with Crippen LogP contribution in [0.2, 0.25) is 0 Å². The van der Waals surface area contributed by atoms with E-state index in [1.54, 1.807) is 0 Å². The van der Waals surface area contributed by atoms with Crippen LogP contribution >= 0.6 is 0 Å². The summed E-state index contributed by atoms with van der Waals surface area (Å²) in [4.78, 5) is 0. The van der Waals surface area contributed by atoms with Gasteiger partial charge in [0.1, 0.15) is 0 Å². The molecule has 0 aromatic rings. The van der Waals surface area contributed by atoms with Gasteiger partial charge in [0.05, 0.1) is 5.60 Å². The van der Waals surface area contributed by atoms with E-state index in [4.69, 9.17) is 4.43 Å². The Morgan fingerprint density at radius 1 is 1.54 bits per heavy atom. The molecule has 2 bridgehead atoms. The highest BCUT2D eigenvalue weighted by Gasteiger charge is 2.36. The molecule has 0 amide bonds. The fraction of sp³-hybridized carbons (Fsp3) is 0.455. The van der Waals surface area contributed by atoms with E-state index in [9.17, 15) is 0 Å². The monoisotopic (exact) mass is 192 g/mol. The minimum atomic E-state index is -0.476. The summed E-state index contributed by atoms with van der Waals surface area (Å²) in [6.45, 7) is 4.25. The first-order chi connectivity index (χ1) is 6.24. The van der Waals surface area contributed by atoms with E-state index in [1.807, 2.05) is 0 Å². The van der Waals surface area contributed by atoms with E-state index in [1.165, 1.54) is 5.20 Å². The van der Waals surface area contributed by atoms with Crippen LogP contribution in [-0.4, -0.2) is 15.4 Å². The molecule has 2 aliphatic rings. The van der Waals surface area contributed by atoms with Crippen molar-refractivity contribution in [2.45, 2.75) is 25.9 Å². The van der Waals surface area contributed by atoms with Crippen molar-refractivity contribution in [1.82, 2.24) is 0 Å². The molecule has 2 heteroatoms. The Morgan fingerprint density at radius 3 is 2.69 bits per heavy atom. The van der Waals surface area contributed by atoms with Crippen molar-refractivity contribution in [3.63, 3.8) is 0 Å². The zero-order valence-electron chi connectivity index (χ0n) is 8.29. The van der Waals surface area contributed by atoms with Crippen LogP contribution in [0, 0.1) is 5.92 Å². The molecule has 0 aliphatic heterocycles. The van der Waals surface area contributed by atoms with E-state index < -0.39 is 9.76 Å². The van der Waals surface area contributed by atoms with Gasteiger partial charge in [-0.1, -0.05) is 35.6 Å². The third kappa shape index (κ3) is 1.69. The lowest BCUT2D eigenvalue weighted by molar-refractivity contribution is 0.185. The minimum absolute atomic E-state index is 0.00115. The van der Waals surface area contributed by atoms with Gasteiger partial charge in [0.25, 0.3) is 0 Å². The van der Waals surface area contributed by atoms with Crippen molar-refractivity contribution >= 4 is 9.76 Å². The molecule has 0 saturated carbocycles. The fourth-order valence-corrected chi connectivity index (χ4v) is 2.79. The molecule has 70 valence electrons. The van der Waals surface area contributed by atoms with Crippen LogP contribution in [0.25, 0.3) is 0 Å². The smallest absolute Gasteiger partial charge is 0.189 e. The summed E-state index contributed by atoms with van der Waals surface area (Å²) in [6, 6.07) is 0. The zero-order chi connectivity index (χ0) is 9.31. The number of fused-ring (bicyclic) bond motifs is 2. The van der Waals surface area contributed by atoms with Crippen molar-refractivity contribution in [2.75, 3.05) is 0 Å². The highest BCUT2D eigenvalue weighted by molar-refractivity contribution is 6.37. The van der Waals surface area contributed by atoms with Crippen LogP contribution in [-0.2, 0) is 4.43 Å². The van der Waals surface area contributed by atoms with Gasteiger partial charge < -0.3 is 4.43 Å². The Hall–Kier alpha value is -0.603. The molecule has 0 aromatic heterocycles. The van der Waals surface area contributed by atoms with Crippen molar-refractivity contribution in [1.29, 1.82) is 0 Å². The first-order valence-electron chi connectivity index (χ1n) is 4.88. The molecule has 0 heterocycles. The van der Waals surface area contributed by atoms with Crippen molar-refractivity contribution < 1.29 is 4.43 Å². The van der Waals surface area contributed by atoms with E-state index in [0.29, 0.717) is 5.92 Å². The van der Waals surface area contributed by atoms with Gasteiger partial charge in [0.2, 0.25) is 0 Å². The van der Waals surface area contributed by atoms with E-state index in [2.05, 4.69) is 44.2 Å². The molecule has 2 rings (SSSR count). The predicted octanol–water partition coefficient (Wildman–Crippen LogP) is 1.90. The van der Waals surface area contributed by atoms with Crippen molar-refractivity contribution in [3.8, 4) is 0 Å². The molecule has 0 atom stereocenters. The average molecular weight is 192 g/mol. The van der Waals surface area contributed by atoms with Gasteiger partial charge in [-0.05, 0) is 26.2 Å². The summed E-state index contributed by atoms with van der Waals surface area (Å²) in [6.07, 6.45) is 12.3. The molecule has 1 nitrogen and oxygen atoms in total. The molecular weight excluding hydrogens is 176 g/mol. The summed E-state index contributed by atoms with van der Waals surface area (Å²) in [5.41, 5.74) is 0.00115. The van der Waals surface area contributed by atoms with Gasteiger partial charge >= 0.3 is 0 Å². The largest absolute Gasteiger partial charge is 0.407 e. The fourth-order valence-electron chi connectivity index (χ4n) is 1.82. The second kappa shape index (κ2) is 3.27. The second-order valence-electron chi connectivity index (χ2n) is 3.96. The molecular formula is C11H16OSi. The highest BCUT2D eigenvalue weighted by Crippen LogP contribution is 2.38. The molecule has 0 radical (unpaired) electrons. The average Bonchev–Trinajstić information content (AvgIpc) is 2.74. The Kier molecular flexibility index (Phi) is 2.26. The maximum atomic E-state index is 6.03. The molecule has 0 spiro atoms. The number of hydrogen-bond donors (Lipinski definition) is 0. The molecule has 0 aromatic carbocycles. The maximum Gasteiger partial charge on any atom is 0.189 e. The number of hydrogen-bond acceptors (Lipinski definition) is 1. The zero-order valence-corrected chi connectivity index (χ0v) is 9.70. The summed E-state index contributed by atoms with van der Waals surface area (Å²) >= 11 is 0. The molecule has 2 aliphatic carbocycles. The summed E-state index contributed by atoms with van der Waals surface area (Å²) in [5, 5.41) is 1.44. The summed E-state index contributed by atoms with van der Waals surface area (Å²) in [5.74, 6) is 0.653. The third-order valence-corrected chi connectivity index (χ3v) is 4.41. The van der Waals surface area contributed by atoms with E-state index >= 15 is 0 Å². The Balaban J connectivity index is 1.95. The second-order valence-corrected chi connectivity index (χ2v) is 5.66. The Labute approximate surface area is 82.1 Å². The van der Waals surface area contributed by atoms with Gasteiger partial charge in [0, 0.05) is 0 Å². The predicted molar refractivity (Wildman–Crippen MR) is 58.2 cm³/mol. The first-order valence-corrected chi connectivity index (χ1v) is 6.17. The van der Waals surface area contributed by atoms with Crippen LogP contribution in [0.1, 0.15) is 20.3 Å². The minimum Gasteiger partial charge on any atom is -0.407 e. The Morgan fingerprint density at radius 2 is 2.23 bits per heavy atom. The van der Waals surface area contributed by atoms with E-state index in [-0.39, 0.29) is 5.60 Å². The topological polar surface area (TPSA) is 9.23 Å². The van der Waals surface area contributed by atoms with Crippen LogP contribution in [0.5, 0.6) is 0 Å². The quantitative estimate of drug-likeness (QED) is 0.490. The van der Waals surface area contributed by atoms with Gasteiger partial charge in [-0.2, -0.15) is 0 Å². The molecule has 0 N–H and O–H groups in total. The highest BCUT2D eigenvalue weighted by atomic mass is 28.2. The molecule has 0 saturated heterocycles. The van der Waals surface area contributed by atoms with Gasteiger partial charge in [-0.25, -0.2) is 0 Å². The number of allylic oxidation sites excluding steroid dienone is 4. The lowest BCUT2D eigenvalue weighted by Gasteiger charge is -2.22. The van der Waals surface area contributed by atoms with Crippen LogP contribution in [0.15, 0.2) is 35.6 Å². The standard InChI is InChI=1S/C11H16OSi/c1-3-9(2)13-12-11-6-4-10(8-11)5-7-11/h3-7,10H,8,13H2,1-2H3/b9-3+. The van der Waals surface area contributed by atoms with Crippen LogP contribution in [0.3, 0.4) is 0 Å². The lowest BCUT2D eigenvalue weighted by Crippen LogP contribution is -2.26. The van der Waals surface area contributed by atoms with Crippen molar-refractivity contribution in [3.05, 3.63) is 35.6 Å². The Bertz CT molecular complexity index is 274. The van der Waals surface area contributed by atoms with Gasteiger partial charge in [-0.3, -0.25) is 0 Å². The van der Waals surface area contributed by atoms with Crippen LogP contribution in [0.4, 0.5) is 0 Å². The molecule has 0 fully saturated rings. The van der Waals surface area contributed by atoms with Crippen molar-refractivity contribution in [2.24, 2.45) is 5.92 Å². The SMILES string of the molecule is C/C=C(\C)[SiH2]OC12C=CC(C=C1)C2.